The van der Waals surface area contributed by atoms with E-state index in [2.05, 4.69) is 40.1 Å². The number of nitrogens with zero attached hydrogens (tertiary/aromatic N) is 3. The molecule has 1 fully saturated rings. The molecular weight excluding hydrogens is 412 g/mol. The Morgan fingerprint density at radius 1 is 1.03 bits per heavy atom. The summed E-state index contributed by atoms with van der Waals surface area (Å²) in [5.74, 6) is -0.0756. The van der Waals surface area contributed by atoms with Crippen molar-refractivity contribution in [1.82, 2.24) is 20.2 Å². The summed E-state index contributed by atoms with van der Waals surface area (Å²) in [4.78, 5) is 36.4. The Labute approximate surface area is 194 Å². The Kier molecular flexibility index (Phi) is 6.93. The first kappa shape index (κ1) is 22.4. The molecule has 0 bridgehead atoms. The number of pyridine rings is 2. The molecule has 0 spiro atoms. The highest BCUT2D eigenvalue weighted by Crippen LogP contribution is 2.37. The second kappa shape index (κ2) is 10.2. The number of carbonyl (C=O) groups excluding carboxylic acids is 2. The smallest absolute Gasteiger partial charge is 0.272 e. The highest BCUT2D eigenvalue weighted by atomic mass is 16.2. The molecule has 0 unspecified atom stereocenters. The van der Waals surface area contributed by atoms with Crippen LogP contribution in [0.15, 0.2) is 85.8 Å². The number of likely N-dealkylation sites (tertiary alicyclic amines) is 1. The molecule has 6 nitrogen and oxygen atoms in total. The second-order valence-corrected chi connectivity index (χ2v) is 8.41. The summed E-state index contributed by atoms with van der Waals surface area (Å²) < 4.78 is 0. The van der Waals surface area contributed by atoms with E-state index in [-0.39, 0.29) is 11.8 Å². The highest BCUT2D eigenvalue weighted by molar-refractivity contribution is 5.92. The Morgan fingerprint density at radius 3 is 2.55 bits per heavy atom. The monoisotopic (exact) mass is 440 g/mol. The number of piperidine rings is 1. The second-order valence-electron chi connectivity index (χ2n) is 8.41. The van der Waals surface area contributed by atoms with Gasteiger partial charge in [0.1, 0.15) is 5.69 Å². The summed E-state index contributed by atoms with van der Waals surface area (Å²) in [5.41, 5.74) is 3.06. The van der Waals surface area contributed by atoms with Crippen molar-refractivity contribution in [1.29, 1.82) is 0 Å². The van der Waals surface area contributed by atoms with E-state index in [0.717, 1.165) is 16.7 Å². The van der Waals surface area contributed by atoms with Crippen LogP contribution in [0.25, 0.3) is 11.1 Å². The lowest BCUT2D eigenvalue weighted by Gasteiger charge is -2.40. The van der Waals surface area contributed by atoms with Crippen molar-refractivity contribution in [3.05, 3.63) is 97.1 Å². The van der Waals surface area contributed by atoms with E-state index >= 15 is 0 Å². The zero-order chi connectivity index (χ0) is 23.1. The van der Waals surface area contributed by atoms with Crippen LogP contribution in [-0.4, -0.2) is 46.3 Å². The molecule has 3 heterocycles. The molecule has 1 N–H and O–H groups in total. The minimum atomic E-state index is -0.586. The minimum absolute atomic E-state index is 0.0131. The Balaban J connectivity index is 1.54. The number of rotatable bonds is 7. The molecule has 0 atom stereocenters. The van der Waals surface area contributed by atoms with Gasteiger partial charge in [0.25, 0.3) is 5.91 Å². The third kappa shape index (κ3) is 5.17. The minimum Gasteiger partial charge on any atom is -0.352 e. The first-order valence-corrected chi connectivity index (χ1v) is 11.2. The van der Waals surface area contributed by atoms with Crippen molar-refractivity contribution in [3.8, 4) is 11.1 Å². The molecule has 4 rings (SSSR count). The van der Waals surface area contributed by atoms with Crippen LogP contribution in [0.1, 0.15) is 28.9 Å². The van der Waals surface area contributed by atoms with E-state index in [1.165, 1.54) is 0 Å². The third-order valence-electron chi connectivity index (χ3n) is 6.24. The zero-order valence-electron chi connectivity index (χ0n) is 18.6. The molecular formula is C27H28N4O2. The summed E-state index contributed by atoms with van der Waals surface area (Å²) in [6.07, 6.45) is 8.69. The molecule has 0 saturated carbocycles. The molecule has 1 aromatic carbocycles. The lowest BCUT2D eigenvalue weighted by atomic mass is 9.72. The van der Waals surface area contributed by atoms with E-state index in [4.69, 9.17) is 0 Å². The number of hydrogen-bond donors (Lipinski definition) is 1. The Morgan fingerprint density at radius 2 is 1.85 bits per heavy atom. The van der Waals surface area contributed by atoms with E-state index in [1.807, 2.05) is 30.5 Å². The van der Waals surface area contributed by atoms with Gasteiger partial charge >= 0.3 is 0 Å². The van der Waals surface area contributed by atoms with Crippen LogP contribution in [0.4, 0.5) is 0 Å². The molecule has 2 amide bonds. The van der Waals surface area contributed by atoms with Crippen LogP contribution >= 0.6 is 0 Å². The summed E-state index contributed by atoms with van der Waals surface area (Å²) in [6.45, 7) is 5.17. The molecule has 168 valence electrons. The normalized spacial score (nSPS) is 15.0. The number of aromatic nitrogens is 2. The lowest BCUT2D eigenvalue weighted by molar-refractivity contribution is -0.133. The molecule has 0 aliphatic carbocycles. The van der Waals surface area contributed by atoms with Crippen LogP contribution in [0.5, 0.6) is 0 Å². The number of carbonyl (C=O) groups is 2. The van der Waals surface area contributed by atoms with Crippen LogP contribution in [0, 0.1) is 5.41 Å². The number of nitrogens with one attached hydrogen (secondary N) is 1. The SMILES string of the molecule is C=CCNC(=O)C1(Cc2cccc(-c3cccnc3)c2)CCN(C(=O)c2ccccn2)CC1. The van der Waals surface area contributed by atoms with Gasteiger partial charge in [-0.25, -0.2) is 0 Å². The fourth-order valence-corrected chi connectivity index (χ4v) is 4.41. The predicted molar refractivity (Wildman–Crippen MR) is 128 cm³/mol. The van der Waals surface area contributed by atoms with E-state index < -0.39 is 5.41 Å². The van der Waals surface area contributed by atoms with Crippen LogP contribution in [0.2, 0.25) is 0 Å². The first-order chi connectivity index (χ1) is 16.1. The Bertz CT molecular complexity index is 1110. The van der Waals surface area contributed by atoms with Gasteiger partial charge in [0.2, 0.25) is 5.91 Å². The number of benzene rings is 1. The largest absolute Gasteiger partial charge is 0.352 e. The third-order valence-corrected chi connectivity index (χ3v) is 6.24. The molecule has 0 radical (unpaired) electrons. The maximum atomic E-state index is 13.3. The van der Waals surface area contributed by atoms with Crippen LogP contribution in [-0.2, 0) is 11.2 Å². The topological polar surface area (TPSA) is 75.2 Å². The van der Waals surface area contributed by atoms with Crippen molar-refractivity contribution in [2.75, 3.05) is 19.6 Å². The van der Waals surface area contributed by atoms with Gasteiger partial charge < -0.3 is 10.2 Å². The van der Waals surface area contributed by atoms with Gasteiger partial charge in [0.05, 0.1) is 5.41 Å². The van der Waals surface area contributed by atoms with Gasteiger partial charge in [-0.3, -0.25) is 19.6 Å². The fraction of sp³-hybridized carbons (Fsp3) is 0.259. The van der Waals surface area contributed by atoms with E-state index in [1.54, 1.807) is 35.5 Å². The van der Waals surface area contributed by atoms with E-state index in [0.29, 0.717) is 44.6 Å². The summed E-state index contributed by atoms with van der Waals surface area (Å²) in [6, 6.07) is 17.5. The summed E-state index contributed by atoms with van der Waals surface area (Å²) in [7, 11) is 0. The van der Waals surface area contributed by atoms with Crippen molar-refractivity contribution in [2.45, 2.75) is 19.3 Å². The molecule has 3 aromatic rings. The summed E-state index contributed by atoms with van der Waals surface area (Å²) >= 11 is 0. The van der Waals surface area contributed by atoms with Crippen LogP contribution in [0.3, 0.4) is 0 Å². The van der Waals surface area contributed by atoms with Gasteiger partial charge in [0, 0.05) is 38.2 Å². The fourth-order valence-electron chi connectivity index (χ4n) is 4.41. The van der Waals surface area contributed by atoms with Gasteiger partial charge in [-0.05, 0) is 54.2 Å². The molecule has 1 saturated heterocycles. The highest BCUT2D eigenvalue weighted by Gasteiger charge is 2.42. The zero-order valence-corrected chi connectivity index (χ0v) is 18.6. The van der Waals surface area contributed by atoms with Crippen molar-refractivity contribution >= 4 is 11.8 Å². The first-order valence-electron chi connectivity index (χ1n) is 11.2. The van der Waals surface area contributed by atoms with Gasteiger partial charge in [-0.2, -0.15) is 0 Å². The van der Waals surface area contributed by atoms with Crippen molar-refractivity contribution in [3.63, 3.8) is 0 Å². The molecule has 2 aromatic heterocycles. The summed E-state index contributed by atoms with van der Waals surface area (Å²) in [5, 5.41) is 3.00. The number of amides is 2. The predicted octanol–water partition coefficient (Wildman–Crippen LogP) is 3.91. The quantitative estimate of drug-likeness (QED) is 0.565. The van der Waals surface area contributed by atoms with Crippen LogP contribution < -0.4 is 5.32 Å². The van der Waals surface area contributed by atoms with E-state index in [9.17, 15) is 9.59 Å². The average Bonchev–Trinajstić information content (AvgIpc) is 2.88. The van der Waals surface area contributed by atoms with Gasteiger partial charge in [0.15, 0.2) is 0 Å². The Hall–Kier alpha value is -3.80. The molecule has 1 aliphatic rings. The maximum absolute atomic E-state index is 13.3. The van der Waals surface area contributed by atoms with Gasteiger partial charge in [-0.1, -0.05) is 42.5 Å². The average molecular weight is 441 g/mol. The standard InChI is InChI=1S/C27H28N4O2/c1-2-13-30-26(33)27(11-16-31(17-12-27)25(32)24-10-3-4-15-29-24)19-21-7-5-8-22(18-21)23-9-6-14-28-20-23/h2-10,14-15,18,20H,1,11-13,16-17,19H2,(H,30,33). The molecule has 33 heavy (non-hydrogen) atoms. The number of hydrogen-bond acceptors (Lipinski definition) is 4. The molecule has 1 aliphatic heterocycles. The molecule has 6 heteroatoms. The lowest BCUT2D eigenvalue weighted by Crippen LogP contribution is -2.51. The van der Waals surface area contributed by atoms with Gasteiger partial charge in [-0.15, -0.1) is 6.58 Å². The van der Waals surface area contributed by atoms with Crippen molar-refractivity contribution < 1.29 is 9.59 Å². The maximum Gasteiger partial charge on any atom is 0.272 e. The van der Waals surface area contributed by atoms with Crippen molar-refractivity contribution in [2.24, 2.45) is 5.41 Å².